The summed E-state index contributed by atoms with van der Waals surface area (Å²) in [7, 11) is 3.80. The molecule has 29 heavy (non-hydrogen) atoms. The van der Waals surface area contributed by atoms with Crippen LogP contribution >= 0.6 is 0 Å². The van der Waals surface area contributed by atoms with E-state index < -0.39 is 0 Å². The zero-order valence-corrected chi connectivity index (χ0v) is 18.0. The van der Waals surface area contributed by atoms with Crippen LogP contribution in [0.2, 0.25) is 0 Å². The lowest BCUT2D eigenvalue weighted by atomic mass is 9.77. The maximum Gasteiger partial charge on any atom is 0.251 e. The number of fused-ring (bicyclic) bond motifs is 4. The monoisotopic (exact) mass is 400 g/mol. The molecule has 3 atom stereocenters. The number of carbonyl (C=O) groups excluding carboxylic acids is 1. The smallest absolute Gasteiger partial charge is 0.251 e. The van der Waals surface area contributed by atoms with Crippen molar-refractivity contribution < 1.29 is 4.79 Å². The molecule has 0 aromatic carbocycles. The summed E-state index contributed by atoms with van der Waals surface area (Å²) >= 11 is 0. The maximum atomic E-state index is 12.8. The first-order valence-corrected chi connectivity index (χ1v) is 11.4. The van der Waals surface area contributed by atoms with Crippen LogP contribution in [0.15, 0.2) is 23.0 Å². The topological polar surface area (TPSA) is 57.6 Å². The molecule has 2 bridgehead atoms. The lowest BCUT2D eigenvalue weighted by Crippen LogP contribution is -2.53. The average Bonchev–Trinajstić information content (AvgIpc) is 2.68. The van der Waals surface area contributed by atoms with Crippen LogP contribution in [-0.2, 0) is 4.79 Å². The van der Waals surface area contributed by atoms with Crippen LogP contribution in [0.4, 0.5) is 0 Å². The van der Waals surface area contributed by atoms with Crippen molar-refractivity contribution in [3.05, 3.63) is 34.2 Å². The molecular weight excluding hydrogens is 364 g/mol. The summed E-state index contributed by atoms with van der Waals surface area (Å²) in [6.07, 6.45) is 8.01. The summed E-state index contributed by atoms with van der Waals surface area (Å²) in [5.74, 6) is 1.71. The van der Waals surface area contributed by atoms with Gasteiger partial charge in [-0.1, -0.05) is 25.3 Å². The fourth-order valence-corrected chi connectivity index (χ4v) is 5.84. The predicted molar refractivity (Wildman–Crippen MR) is 115 cm³/mol. The van der Waals surface area contributed by atoms with Crippen molar-refractivity contribution >= 4 is 5.91 Å². The number of aromatic nitrogens is 1. The van der Waals surface area contributed by atoms with Crippen molar-refractivity contribution in [2.75, 3.05) is 46.8 Å². The second kappa shape index (κ2) is 9.00. The van der Waals surface area contributed by atoms with Crippen molar-refractivity contribution in [1.29, 1.82) is 0 Å². The van der Waals surface area contributed by atoms with Crippen LogP contribution in [0, 0.1) is 11.8 Å². The maximum absolute atomic E-state index is 12.8. The standard InChI is InChI=1S/C23H36N4O2/c1-25(2)16-22(28)24-12-21-19-11-18(20-9-6-10-23(29)27(20)21)14-26(15-19)13-17-7-4-3-5-8-17/h6,9-10,17-19,21H,3-5,7-8,11-16H2,1-2H3,(H,24,28)/t18-,19+,21+/m1/s1. The van der Waals surface area contributed by atoms with Crippen LogP contribution < -0.4 is 10.9 Å². The number of piperidine rings is 1. The molecule has 1 aliphatic carbocycles. The number of nitrogens with zero attached hydrogens (tertiary/aromatic N) is 3. The van der Waals surface area contributed by atoms with Gasteiger partial charge in [-0.2, -0.15) is 0 Å². The van der Waals surface area contributed by atoms with Crippen LogP contribution in [0.3, 0.4) is 0 Å². The second-order valence-electron chi connectivity index (χ2n) is 9.68. The van der Waals surface area contributed by atoms with Gasteiger partial charge in [0.05, 0.1) is 12.6 Å². The third-order valence-electron chi connectivity index (χ3n) is 7.08. The third kappa shape index (κ3) is 4.75. The van der Waals surface area contributed by atoms with E-state index in [0.29, 0.717) is 24.9 Å². The first-order chi connectivity index (χ1) is 14.0. The number of likely N-dealkylation sites (tertiary alicyclic amines) is 1. The zero-order valence-electron chi connectivity index (χ0n) is 18.0. The normalized spacial score (nSPS) is 27.6. The quantitative estimate of drug-likeness (QED) is 0.794. The molecule has 160 valence electrons. The Bertz CT molecular complexity index is 768. The molecule has 1 aromatic heterocycles. The number of hydrogen-bond donors (Lipinski definition) is 1. The van der Waals surface area contributed by atoms with Crippen molar-refractivity contribution in [2.24, 2.45) is 11.8 Å². The Hall–Kier alpha value is -1.66. The summed E-state index contributed by atoms with van der Waals surface area (Å²) in [6.45, 7) is 4.23. The highest BCUT2D eigenvalue weighted by atomic mass is 16.2. The molecule has 2 fully saturated rings. The molecule has 1 aromatic rings. The lowest BCUT2D eigenvalue weighted by Gasteiger charge is -2.48. The molecule has 6 heteroatoms. The number of rotatable bonds is 6. The Morgan fingerprint density at radius 3 is 2.72 bits per heavy atom. The van der Waals surface area contributed by atoms with Gasteiger partial charge in [0.1, 0.15) is 0 Å². The summed E-state index contributed by atoms with van der Waals surface area (Å²) in [5.41, 5.74) is 1.23. The first kappa shape index (κ1) is 20.6. The summed E-state index contributed by atoms with van der Waals surface area (Å²) in [4.78, 5) is 29.5. The van der Waals surface area contributed by atoms with Gasteiger partial charge in [0.25, 0.3) is 5.56 Å². The summed E-state index contributed by atoms with van der Waals surface area (Å²) in [6, 6.07) is 5.74. The van der Waals surface area contributed by atoms with Gasteiger partial charge in [0.2, 0.25) is 5.91 Å². The second-order valence-corrected chi connectivity index (χ2v) is 9.68. The molecular formula is C23H36N4O2. The van der Waals surface area contributed by atoms with Gasteiger partial charge >= 0.3 is 0 Å². The van der Waals surface area contributed by atoms with E-state index in [1.807, 2.05) is 29.6 Å². The number of pyridine rings is 1. The molecule has 0 radical (unpaired) electrons. The van der Waals surface area contributed by atoms with Crippen molar-refractivity contribution in [2.45, 2.75) is 50.5 Å². The van der Waals surface area contributed by atoms with Gasteiger partial charge in [-0.15, -0.1) is 0 Å². The molecule has 1 N–H and O–H groups in total. The molecule has 1 amide bonds. The van der Waals surface area contributed by atoms with E-state index in [-0.39, 0.29) is 17.5 Å². The molecule has 4 rings (SSSR count). The van der Waals surface area contributed by atoms with E-state index in [4.69, 9.17) is 0 Å². The lowest BCUT2D eigenvalue weighted by molar-refractivity contribution is -0.122. The van der Waals surface area contributed by atoms with E-state index in [2.05, 4.69) is 16.3 Å². The van der Waals surface area contributed by atoms with Crippen LogP contribution in [0.25, 0.3) is 0 Å². The minimum atomic E-state index is 0.0255. The Kier molecular flexibility index (Phi) is 6.40. The van der Waals surface area contributed by atoms with Crippen LogP contribution in [0.5, 0.6) is 0 Å². The molecule has 0 spiro atoms. The minimum Gasteiger partial charge on any atom is -0.353 e. The minimum absolute atomic E-state index is 0.0255. The zero-order chi connectivity index (χ0) is 20.4. The molecule has 3 heterocycles. The van der Waals surface area contributed by atoms with Gasteiger partial charge in [0, 0.05) is 43.9 Å². The Morgan fingerprint density at radius 1 is 1.17 bits per heavy atom. The number of likely N-dealkylation sites (N-methyl/N-ethyl adjacent to an activating group) is 1. The Balaban J connectivity index is 1.52. The highest BCUT2D eigenvalue weighted by Gasteiger charge is 2.40. The number of nitrogens with one attached hydrogen (secondary N) is 1. The van der Waals surface area contributed by atoms with E-state index in [0.717, 1.165) is 31.1 Å². The van der Waals surface area contributed by atoms with E-state index in [9.17, 15) is 9.59 Å². The third-order valence-corrected chi connectivity index (χ3v) is 7.08. The highest BCUT2D eigenvalue weighted by Crippen LogP contribution is 2.41. The number of amides is 1. The van der Waals surface area contributed by atoms with Crippen molar-refractivity contribution in [3.8, 4) is 0 Å². The van der Waals surface area contributed by atoms with Gasteiger partial charge in [-0.05, 0) is 51.3 Å². The van der Waals surface area contributed by atoms with E-state index in [1.54, 1.807) is 6.07 Å². The Labute approximate surface area is 174 Å². The summed E-state index contributed by atoms with van der Waals surface area (Å²) in [5, 5.41) is 3.09. The van der Waals surface area contributed by atoms with E-state index >= 15 is 0 Å². The molecule has 3 aliphatic rings. The van der Waals surface area contributed by atoms with Gasteiger partial charge in [-0.3, -0.25) is 9.59 Å². The first-order valence-electron chi connectivity index (χ1n) is 11.4. The average molecular weight is 401 g/mol. The molecule has 2 aliphatic heterocycles. The number of carbonyl (C=O) groups is 1. The number of hydrogen-bond acceptors (Lipinski definition) is 4. The van der Waals surface area contributed by atoms with Crippen molar-refractivity contribution in [1.82, 2.24) is 19.7 Å². The highest BCUT2D eigenvalue weighted by molar-refractivity contribution is 5.77. The van der Waals surface area contributed by atoms with Crippen LogP contribution in [-0.4, -0.2) is 67.1 Å². The van der Waals surface area contributed by atoms with Gasteiger partial charge in [-0.25, -0.2) is 0 Å². The molecule has 6 nitrogen and oxygen atoms in total. The molecule has 1 saturated carbocycles. The fourth-order valence-electron chi connectivity index (χ4n) is 5.84. The Morgan fingerprint density at radius 2 is 1.97 bits per heavy atom. The molecule has 0 unspecified atom stereocenters. The van der Waals surface area contributed by atoms with Gasteiger partial charge < -0.3 is 19.7 Å². The van der Waals surface area contributed by atoms with E-state index in [1.165, 1.54) is 38.6 Å². The fraction of sp³-hybridized carbons (Fsp3) is 0.739. The SMILES string of the molecule is CN(C)CC(=O)NC[C@H]1[C@H]2C[C@H](CN(CC3CCCCC3)C2)c2cccc(=O)n21. The largest absolute Gasteiger partial charge is 0.353 e. The van der Waals surface area contributed by atoms with Crippen molar-refractivity contribution in [3.63, 3.8) is 0 Å². The van der Waals surface area contributed by atoms with Crippen LogP contribution in [0.1, 0.15) is 56.2 Å². The summed E-state index contributed by atoms with van der Waals surface area (Å²) < 4.78 is 1.99. The predicted octanol–water partition coefficient (Wildman–Crippen LogP) is 2.07. The van der Waals surface area contributed by atoms with Gasteiger partial charge in [0.15, 0.2) is 0 Å². The molecule has 1 saturated heterocycles.